The van der Waals surface area contributed by atoms with Gasteiger partial charge in [0.15, 0.2) is 0 Å². The third-order valence-electron chi connectivity index (χ3n) is 3.24. The van der Waals surface area contributed by atoms with Gasteiger partial charge >= 0.3 is 0 Å². The predicted octanol–water partition coefficient (Wildman–Crippen LogP) is 2.91. The molecule has 0 saturated carbocycles. The van der Waals surface area contributed by atoms with Crippen molar-refractivity contribution in [1.29, 1.82) is 0 Å². The van der Waals surface area contributed by atoms with E-state index in [1.54, 1.807) is 16.4 Å². The summed E-state index contributed by atoms with van der Waals surface area (Å²) >= 11 is 10.1. The minimum absolute atomic E-state index is 0.320. The van der Waals surface area contributed by atoms with Crippen molar-refractivity contribution in [2.75, 3.05) is 38.1 Å². The van der Waals surface area contributed by atoms with Gasteiger partial charge in [0, 0.05) is 47.0 Å². The zero-order valence-corrected chi connectivity index (χ0v) is 16.3. The Morgan fingerprint density at radius 2 is 1.75 bits per heavy atom. The highest BCUT2D eigenvalue weighted by atomic mass is 79.9. The van der Waals surface area contributed by atoms with Crippen molar-refractivity contribution in [3.05, 3.63) is 27.1 Å². The molecule has 0 spiro atoms. The lowest BCUT2D eigenvalue weighted by atomic mass is 10.4. The Balaban J connectivity index is 2.18. The summed E-state index contributed by atoms with van der Waals surface area (Å²) in [5.41, 5.74) is 0. The van der Waals surface area contributed by atoms with E-state index < -0.39 is 10.0 Å². The number of rotatable bonds is 4. The summed E-state index contributed by atoms with van der Waals surface area (Å²) in [7, 11) is -3.44. The quantitative estimate of drug-likeness (QED) is 0.609. The first-order chi connectivity index (χ1) is 9.45. The summed E-state index contributed by atoms with van der Waals surface area (Å²) in [5, 5.41) is 0.914. The zero-order chi connectivity index (χ0) is 14.8. The van der Waals surface area contributed by atoms with Crippen LogP contribution in [0.15, 0.2) is 32.0 Å². The van der Waals surface area contributed by atoms with Crippen LogP contribution in [-0.2, 0) is 10.0 Å². The molecule has 1 aromatic rings. The smallest absolute Gasteiger partial charge is 0.244 e. The summed E-state index contributed by atoms with van der Waals surface area (Å²) in [6.45, 7) is 3.57. The van der Waals surface area contributed by atoms with Crippen LogP contribution in [0.2, 0.25) is 0 Å². The van der Waals surface area contributed by atoms with E-state index in [1.165, 1.54) is 0 Å². The molecule has 1 aliphatic heterocycles. The molecule has 0 bridgehead atoms. The lowest BCUT2D eigenvalue weighted by molar-refractivity contribution is 0.198. The Hall–Kier alpha value is 0.530. The molecule has 8 heteroatoms. The summed E-state index contributed by atoms with van der Waals surface area (Å²) < 4.78 is 28.3. The molecule has 2 rings (SSSR count). The van der Waals surface area contributed by atoms with E-state index in [4.69, 9.17) is 0 Å². The van der Waals surface area contributed by atoms with E-state index in [-0.39, 0.29) is 0 Å². The van der Waals surface area contributed by atoms with Gasteiger partial charge in [0.1, 0.15) is 0 Å². The van der Waals surface area contributed by atoms with E-state index in [2.05, 4.69) is 52.7 Å². The Morgan fingerprint density at radius 1 is 1.10 bits per heavy atom. The van der Waals surface area contributed by atoms with Gasteiger partial charge in [-0.05, 0) is 34.1 Å². The fourth-order valence-corrected chi connectivity index (χ4v) is 5.51. The standard InChI is InChI=1S/C12H15Br3N2O2S/c13-3-4-16-5-7-17(8-6-16)20(18,19)12-9-10(14)1-2-11(12)15/h1-2,9H,3-8H2. The molecule has 112 valence electrons. The lowest BCUT2D eigenvalue weighted by Crippen LogP contribution is -2.49. The summed E-state index contributed by atoms with van der Waals surface area (Å²) in [4.78, 5) is 2.58. The highest BCUT2D eigenvalue weighted by Gasteiger charge is 2.29. The molecule has 20 heavy (non-hydrogen) atoms. The minimum Gasteiger partial charge on any atom is -0.300 e. The van der Waals surface area contributed by atoms with Crippen molar-refractivity contribution in [1.82, 2.24) is 9.21 Å². The van der Waals surface area contributed by atoms with Crippen molar-refractivity contribution >= 4 is 57.8 Å². The molecule has 0 aromatic heterocycles. The van der Waals surface area contributed by atoms with Gasteiger partial charge in [-0.1, -0.05) is 31.9 Å². The van der Waals surface area contributed by atoms with Gasteiger partial charge in [-0.15, -0.1) is 0 Å². The van der Waals surface area contributed by atoms with Crippen LogP contribution < -0.4 is 0 Å². The van der Waals surface area contributed by atoms with Crippen LogP contribution >= 0.6 is 47.8 Å². The van der Waals surface area contributed by atoms with Crippen LogP contribution in [-0.4, -0.2) is 55.7 Å². The molecule has 0 radical (unpaired) electrons. The van der Waals surface area contributed by atoms with Gasteiger partial charge in [-0.3, -0.25) is 4.90 Å². The second-order valence-corrected chi connectivity index (χ2v) is 8.98. The van der Waals surface area contributed by atoms with Crippen LogP contribution in [0.5, 0.6) is 0 Å². The van der Waals surface area contributed by atoms with E-state index in [1.807, 2.05) is 6.07 Å². The Morgan fingerprint density at radius 3 is 2.35 bits per heavy atom. The summed E-state index contributed by atoms with van der Waals surface area (Å²) in [5.74, 6) is 0. The Kier molecular flexibility index (Phi) is 6.08. The highest BCUT2D eigenvalue weighted by Crippen LogP contribution is 2.28. The van der Waals surface area contributed by atoms with Crippen LogP contribution in [0.25, 0.3) is 0 Å². The molecule has 1 saturated heterocycles. The summed E-state index contributed by atoms with van der Waals surface area (Å²) in [6.07, 6.45) is 0. The molecule has 0 atom stereocenters. The van der Waals surface area contributed by atoms with Crippen LogP contribution in [0.4, 0.5) is 0 Å². The van der Waals surface area contributed by atoms with Crippen molar-refractivity contribution in [3.8, 4) is 0 Å². The van der Waals surface area contributed by atoms with Gasteiger partial charge in [-0.25, -0.2) is 8.42 Å². The molecule has 1 aromatic carbocycles. The lowest BCUT2D eigenvalue weighted by Gasteiger charge is -2.33. The van der Waals surface area contributed by atoms with Crippen molar-refractivity contribution in [2.24, 2.45) is 0 Å². The maximum absolute atomic E-state index is 12.7. The van der Waals surface area contributed by atoms with Gasteiger partial charge in [0.25, 0.3) is 0 Å². The van der Waals surface area contributed by atoms with Crippen molar-refractivity contribution < 1.29 is 8.42 Å². The fraction of sp³-hybridized carbons (Fsp3) is 0.500. The average molecular weight is 491 g/mol. The SMILES string of the molecule is O=S(=O)(c1cc(Br)ccc1Br)N1CCN(CCBr)CC1. The number of sulfonamides is 1. The number of halogens is 3. The molecule has 0 aliphatic carbocycles. The Labute approximate surface area is 144 Å². The Bertz CT molecular complexity index is 572. The minimum atomic E-state index is -3.44. The monoisotopic (exact) mass is 488 g/mol. The maximum atomic E-state index is 12.7. The average Bonchev–Trinajstić information content (AvgIpc) is 2.42. The molecule has 1 fully saturated rings. The van der Waals surface area contributed by atoms with Crippen LogP contribution in [0.1, 0.15) is 0 Å². The zero-order valence-electron chi connectivity index (χ0n) is 10.7. The van der Waals surface area contributed by atoms with Gasteiger partial charge < -0.3 is 0 Å². The second kappa shape index (κ2) is 7.19. The van der Waals surface area contributed by atoms with E-state index in [0.717, 1.165) is 29.4 Å². The van der Waals surface area contributed by atoms with E-state index in [9.17, 15) is 8.42 Å². The van der Waals surface area contributed by atoms with Gasteiger partial charge in [-0.2, -0.15) is 4.31 Å². The summed E-state index contributed by atoms with van der Waals surface area (Å²) in [6, 6.07) is 5.21. The molecule has 0 unspecified atom stereocenters. The third-order valence-corrected chi connectivity index (χ3v) is 6.98. The maximum Gasteiger partial charge on any atom is 0.244 e. The first-order valence-corrected chi connectivity index (χ1v) is 10.3. The first-order valence-electron chi connectivity index (χ1n) is 6.18. The number of hydrogen-bond donors (Lipinski definition) is 0. The second-order valence-electron chi connectivity index (χ2n) is 4.51. The molecular formula is C12H15Br3N2O2S. The van der Waals surface area contributed by atoms with E-state index >= 15 is 0 Å². The topological polar surface area (TPSA) is 40.6 Å². The number of nitrogens with zero attached hydrogens (tertiary/aromatic N) is 2. The van der Waals surface area contributed by atoms with Crippen molar-refractivity contribution in [3.63, 3.8) is 0 Å². The molecule has 1 aliphatic rings. The van der Waals surface area contributed by atoms with E-state index in [0.29, 0.717) is 22.5 Å². The van der Waals surface area contributed by atoms with Crippen LogP contribution in [0.3, 0.4) is 0 Å². The number of benzene rings is 1. The molecule has 4 nitrogen and oxygen atoms in total. The molecule has 1 heterocycles. The van der Waals surface area contributed by atoms with Crippen LogP contribution in [0, 0.1) is 0 Å². The van der Waals surface area contributed by atoms with Crippen molar-refractivity contribution in [2.45, 2.75) is 4.90 Å². The molecule has 0 N–H and O–H groups in total. The third kappa shape index (κ3) is 3.84. The number of alkyl halides is 1. The largest absolute Gasteiger partial charge is 0.300 e. The highest BCUT2D eigenvalue weighted by molar-refractivity contribution is 9.11. The number of piperazine rings is 1. The fourth-order valence-electron chi connectivity index (χ4n) is 2.13. The normalized spacial score (nSPS) is 18.4. The first kappa shape index (κ1) is 16.9. The predicted molar refractivity (Wildman–Crippen MR) is 90.8 cm³/mol. The number of hydrogen-bond acceptors (Lipinski definition) is 3. The molecular weight excluding hydrogens is 476 g/mol. The van der Waals surface area contributed by atoms with Gasteiger partial charge in [0.2, 0.25) is 10.0 Å². The van der Waals surface area contributed by atoms with Gasteiger partial charge in [0.05, 0.1) is 4.90 Å². The molecule has 0 amide bonds.